The van der Waals surface area contributed by atoms with Gasteiger partial charge in [0.05, 0.1) is 29.6 Å². The van der Waals surface area contributed by atoms with Crippen molar-refractivity contribution in [1.29, 1.82) is 0 Å². The van der Waals surface area contributed by atoms with Gasteiger partial charge in [0.2, 0.25) is 0 Å². The van der Waals surface area contributed by atoms with Crippen LogP contribution in [0.25, 0.3) is 0 Å². The van der Waals surface area contributed by atoms with Crippen molar-refractivity contribution < 1.29 is 14.6 Å². The van der Waals surface area contributed by atoms with E-state index in [1.807, 2.05) is 18.7 Å². The summed E-state index contributed by atoms with van der Waals surface area (Å²) in [4.78, 5) is 15.5. The molecule has 21 heavy (non-hydrogen) atoms. The van der Waals surface area contributed by atoms with Crippen LogP contribution >= 0.6 is 11.8 Å². The topological polar surface area (TPSA) is 49.8 Å². The van der Waals surface area contributed by atoms with E-state index in [9.17, 15) is 9.90 Å². The van der Waals surface area contributed by atoms with Crippen LogP contribution in [-0.4, -0.2) is 57.8 Å². The molecular formula is C16H27NO3S. The monoisotopic (exact) mass is 313 g/mol. The van der Waals surface area contributed by atoms with Gasteiger partial charge >= 0.3 is 0 Å². The third-order valence-electron chi connectivity index (χ3n) is 5.53. The van der Waals surface area contributed by atoms with Crippen molar-refractivity contribution in [2.45, 2.75) is 69.8 Å². The Kier molecular flexibility index (Phi) is 4.65. The first-order chi connectivity index (χ1) is 10.0. The zero-order valence-corrected chi connectivity index (χ0v) is 14.0. The Morgan fingerprint density at radius 3 is 2.86 bits per heavy atom. The van der Waals surface area contributed by atoms with Gasteiger partial charge in [-0.3, -0.25) is 9.69 Å². The van der Waals surface area contributed by atoms with Crippen LogP contribution in [0.4, 0.5) is 0 Å². The molecule has 3 aliphatic rings. The highest BCUT2D eigenvalue weighted by Crippen LogP contribution is 2.42. The average Bonchev–Trinajstić information content (AvgIpc) is 2.79. The molecule has 1 aliphatic carbocycles. The van der Waals surface area contributed by atoms with E-state index in [0.717, 1.165) is 25.1 Å². The molecule has 120 valence electrons. The lowest BCUT2D eigenvalue weighted by atomic mass is 9.72. The first-order valence-electron chi connectivity index (χ1n) is 8.27. The number of aliphatic hydroxyl groups is 1. The molecule has 4 nitrogen and oxygen atoms in total. The van der Waals surface area contributed by atoms with Crippen LogP contribution in [0.2, 0.25) is 0 Å². The minimum Gasteiger partial charge on any atom is -0.393 e. The van der Waals surface area contributed by atoms with Gasteiger partial charge in [-0.15, -0.1) is 11.8 Å². The molecule has 0 bridgehead atoms. The van der Waals surface area contributed by atoms with Crippen molar-refractivity contribution in [3.63, 3.8) is 0 Å². The number of hydrogen-bond acceptors (Lipinski definition) is 5. The Morgan fingerprint density at radius 2 is 2.14 bits per heavy atom. The van der Waals surface area contributed by atoms with Gasteiger partial charge in [0.25, 0.3) is 0 Å². The summed E-state index contributed by atoms with van der Waals surface area (Å²) in [5, 5.41) is 10.3. The van der Waals surface area contributed by atoms with E-state index in [-0.39, 0.29) is 30.1 Å². The summed E-state index contributed by atoms with van der Waals surface area (Å²) < 4.78 is 6.17. The van der Waals surface area contributed by atoms with E-state index in [4.69, 9.17) is 4.74 Å². The normalized spacial score (nSPS) is 48.4. The van der Waals surface area contributed by atoms with Gasteiger partial charge in [-0.1, -0.05) is 6.92 Å². The Labute approximate surface area is 131 Å². The number of Topliss-reactive ketones (excluding diaryl/α,β-unsaturated/α-hetero) is 1. The molecule has 2 heterocycles. The molecule has 1 N–H and O–H groups in total. The number of rotatable bonds is 2. The van der Waals surface area contributed by atoms with Crippen molar-refractivity contribution in [1.82, 2.24) is 4.90 Å². The smallest absolute Gasteiger partial charge is 0.145 e. The van der Waals surface area contributed by atoms with E-state index >= 15 is 0 Å². The second-order valence-corrected chi connectivity index (χ2v) is 8.06. The van der Waals surface area contributed by atoms with Gasteiger partial charge in [-0.05, 0) is 33.2 Å². The van der Waals surface area contributed by atoms with Crippen molar-refractivity contribution in [2.24, 2.45) is 11.8 Å². The van der Waals surface area contributed by atoms with Crippen LogP contribution in [0, 0.1) is 11.8 Å². The van der Waals surface area contributed by atoms with Crippen molar-refractivity contribution in [3.8, 4) is 0 Å². The first-order valence-corrected chi connectivity index (χ1v) is 9.32. The molecule has 7 unspecified atom stereocenters. The van der Waals surface area contributed by atoms with E-state index in [1.165, 1.54) is 0 Å². The van der Waals surface area contributed by atoms with Crippen LogP contribution in [0.1, 0.15) is 40.0 Å². The van der Waals surface area contributed by atoms with Gasteiger partial charge < -0.3 is 9.84 Å². The Hall–Kier alpha value is -0.100. The minimum absolute atomic E-state index is 0.00103. The number of carbonyl (C=O) groups excluding carboxylic acids is 1. The standard InChI is InChI=1S/C16H27NO3S/c1-4-17-10(3)21-8-13(17)15-9(2)20-14-7-11(18)5-6-12(14)16(15)19/h9-15,18H,4-8H2,1-3H3. The maximum atomic E-state index is 13.0. The van der Waals surface area contributed by atoms with Gasteiger partial charge in [0.15, 0.2) is 0 Å². The van der Waals surface area contributed by atoms with Crippen LogP contribution < -0.4 is 0 Å². The zero-order valence-electron chi connectivity index (χ0n) is 13.2. The summed E-state index contributed by atoms with van der Waals surface area (Å²) in [6.07, 6.45) is 1.76. The second-order valence-electron chi connectivity index (χ2n) is 6.71. The molecule has 0 aromatic rings. The summed E-state index contributed by atoms with van der Waals surface area (Å²) in [5.74, 6) is 1.43. The molecule has 0 aromatic heterocycles. The molecule has 5 heteroatoms. The summed E-state index contributed by atoms with van der Waals surface area (Å²) >= 11 is 1.94. The molecule has 3 fully saturated rings. The highest BCUT2D eigenvalue weighted by atomic mass is 32.2. The van der Waals surface area contributed by atoms with Gasteiger partial charge in [-0.25, -0.2) is 0 Å². The molecule has 2 aliphatic heterocycles. The van der Waals surface area contributed by atoms with Crippen molar-refractivity contribution >= 4 is 17.5 Å². The number of carbonyl (C=O) groups is 1. The second kappa shape index (κ2) is 6.19. The molecule has 0 spiro atoms. The fourth-order valence-electron chi connectivity index (χ4n) is 4.43. The fourth-order valence-corrected chi connectivity index (χ4v) is 5.80. The molecule has 0 aromatic carbocycles. The zero-order chi connectivity index (χ0) is 15.1. The van der Waals surface area contributed by atoms with Gasteiger partial charge in [0.1, 0.15) is 5.78 Å². The van der Waals surface area contributed by atoms with Gasteiger partial charge in [-0.2, -0.15) is 0 Å². The predicted octanol–water partition coefficient (Wildman–Crippen LogP) is 1.90. The molecule has 2 saturated heterocycles. The summed E-state index contributed by atoms with van der Waals surface area (Å²) in [7, 11) is 0. The molecule has 7 atom stereocenters. The maximum absolute atomic E-state index is 13.0. The largest absolute Gasteiger partial charge is 0.393 e. The van der Waals surface area contributed by atoms with E-state index in [2.05, 4.69) is 18.7 Å². The average molecular weight is 313 g/mol. The highest BCUT2D eigenvalue weighted by Gasteiger charge is 2.50. The lowest BCUT2D eigenvalue weighted by molar-refractivity contribution is -0.171. The van der Waals surface area contributed by atoms with E-state index < -0.39 is 0 Å². The number of hydrogen-bond donors (Lipinski definition) is 1. The van der Waals surface area contributed by atoms with Crippen molar-refractivity contribution in [2.75, 3.05) is 12.3 Å². The third-order valence-corrected chi connectivity index (χ3v) is 6.82. The van der Waals surface area contributed by atoms with Crippen LogP contribution in [0.5, 0.6) is 0 Å². The minimum atomic E-state index is -0.294. The summed E-state index contributed by atoms with van der Waals surface area (Å²) in [6.45, 7) is 7.43. The summed E-state index contributed by atoms with van der Waals surface area (Å²) in [5.41, 5.74) is 0. The number of nitrogens with zero attached hydrogens (tertiary/aromatic N) is 1. The quantitative estimate of drug-likeness (QED) is 0.844. The SMILES string of the molecule is CCN1C(C)SCC1C1C(=O)C2CCC(O)CC2OC1C. The van der Waals surface area contributed by atoms with Crippen LogP contribution in [-0.2, 0) is 9.53 Å². The van der Waals surface area contributed by atoms with Crippen LogP contribution in [0.15, 0.2) is 0 Å². The van der Waals surface area contributed by atoms with Crippen molar-refractivity contribution in [3.05, 3.63) is 0 Å². The van der Waals surface area contributed by atoms with Crippen LogP contribution in [0.3, 0.4) is 0 Å². The number of fused-ring (bicyclic) bond motifs is 1. The molecule has 0 radical (unpaired) electrons. The molecule has 1 saturated carbocycles. The molecular weight excluding hydrogens is 286 g/mol. The Morgan fingerprint density at radius 1 is 1.38 bits per heavy atom. The highest BCUT2D eigenvalue weighted by molar-refractivity contribution is 8.00. The lowest BCUT2D eigenvalue weighted by Crippen LogP contribution is -2.57. The molecule has 0 amide bonds. The number of thioether (sulfide) groups is 1. The maximum Gasteiger partial charge on any atom is 0.145 e. The first kappa shape index (κ1) is 15.8. The third kappa shape index (κ3) is 2.78. The number of aliphatic hydroxyl groups excluding tert-OH is 1. The Bertz CT molecular complexity index is 405. The Balaban J connectivity index is 1.78. The fraction of sp³-hybridized carbons (Fsp3) is 0.938. The lowest BCUT2D eigenvalue weighted by Gasteiger charge is -2.46. The summed E-state index contributed by atoms with van der Waals surface area (Å²) in [6, 6.07) is 0.310. The van der Waals surface area contributed by atoms with E-state index in [0.29, 0.717) is 23.6 Å². The predicted molar refractivity (Wildman–Crippen MR) is 84.3 cm³/mol. The number of ether oxygens (including phenoxy) is 1. The van der Waals surface area contributed by atoms with Gasteiger partial charge in [0, 0.05) is 24.1 Å². The molecule has 3 rings (SSSR count). The van der Waals surface area contributed by atoms with E-state index in [1.54, 1.807) is 0 Å². The number of ketones is 1.